The van der Waals surface area contributed by atoms with Gasteiger partial charge in [-0.3, -0.25) is 4.99 Å². The van der Waals surface area contributed by atoms with Gasteiger partial charge in [-0.15, -0.1) is 24.0 Å². The van der Waals surface area contributed by atoms with Crippen molar-refractivity contribution < 1.29 is 0 Å². The Balaban J connectivity index is 0.00000208. The summed E-state index contributed by atoms with van der Waals surface area (Å²) in [5, 5.41) is 3.63. The van der Waals surface area contributed by atoms with E-state index in [1.165, 1.54) is 30.8 Å². The smallest absolute Gasteiger partial charge is 0.193 e. The van der Waals surface area contributed by atoms with Gasteiger partial charge in [-0.05, 0) is 42.6 Å². The molecule has 1 aromatic heterocycles. The number of likely N-dealkylation sites (tertiary alicyclic amines) is 1. The number of hydrogen-bond acceptors (Lipinski definition) is 3. The van der Waals surface area contributed by atoms with Crippen LogP contribution in [-0.2, 0) is 0 Å². The summed E-state index contributed by atoms with van der Waals surface area (Å²) < 4.78 is 2.25. The molecule has 0 aliphatic carbocycles. The SMILES string of the molecule is CN=C(NCC1CCSCC1)N1CCC(C)C(n2ccnc2)C1.I. The summed E-state index contributed by atoms with van der Waals surface area (Å²) in [5.41, 5.74) is 0. The van der Waals surface area contributed by atoms with Crippen LogP contribution in [0.3, 0.4) is 0 Å². The lowest BCUT2D eigenvalue weighted by atomic mass is 9.93. The van der Waals surface area contributed by atoms with Gasteiger partial charge in [-0.1, -0.05) is 6.92 Å². The van der Waals surface area contributed by atoms with E-state index in [0.717, 1.165) is 31.5 Å². The largest absolute Gasteiger partial charge is 0.356 e. The zero-order chi connectivity index (χ0) is 16.1. The highest BCUT2D eigenvalue weighted by Gasteiger charge is 2.29. The van der Waals surface area contributed by atoms with E-state index in [9.17, 15) is 0 Å². The number of nitrogens with one attached hydrogen (secondary N) is 1. The van der Waals surface area contributed by atoms with Crippen LogP contribution in [0.1, 0.15) is 32.2 Å². The lowest BCUT2D eigenvalue weighted by Gasteiger charge is -2.39. The fourth-order valence-corrected chi connectivity index (χ4v) is 4.82. The van der Waals surface area contributed by atoms with Crippen molar-refractivity contribution in [1.29, 1.82) is 0 Å². The van der Waals surface area contributed by atoms with Crippen LogP contribution in [0, 0.1) is 11.8 Å². The minimum atomic E-state index is 0. The van der Waals surface area contributed by atoms with Crippen LogP contribution < -0.4 is 5.32 Å². The number of piperidine rings is 1. The van der Waals surface area contributed by atoms with Crippen molar-refractivity contribution in [1.82, 2.24) is 19.8 Å². The first kappa shape index (κ1) is 19.9. The number of thioether (sulfide) groups is 1. The Labute approximate surface area is 167 Å². The molecule has 3 rings (SSSR count). The number of guanidine groups is 1. The molecule has 2 aliphatic rings. The maximum atomic E-state index is 4.54. The highest BCUT2D eigenvalue weighted by atomic mass is 127. The first-order chi connectivity index (χ1) is 11.3. The van der Waals surface area contributed by atoms with E-state index in [1.54, 1.807) is 0 Å². The number of aromatic nitrogens is 2. The normalized spacial score (nSPS) is 26.1. The van der Waals surface area contributed by atoms with Gasteiger partial charge in [0.15, 0.2) is 5.96 Å². The predicted molar refractivity (Wildman–Crippen MR) is 113 cm³/mol. The molecule has 1 aromatic rings. The van der Waals surface area contributed by atoms with Crippen molar-refractivity contribution in [2.75, 3.05) is 38.2 Å². The van der Waals surface area contributed by atoms with Gasteiger partial charge < -0.3 is 14.8 Å². The predicted octanol–water partition coefficient (Wildman–Crippen LogP) is 3.10. The molecule has 0 bridgehead atoms. The Kier molecular flexibility index (Phi) is 8.19. The number of hydrogen-bond donors (Lipinski definition) is 1. The minimum Gasteiger partial charge on any atom is -0.356 e. The summed E-state index contributed by atoms with van der Waals surface area (Å²) in [5.74, 6) is 5.18. The molecule has 2 atom stereocenters. The number of aliphatic imine (C=N–C) groups is 1. The summed E-state index contributed by atoms with van der Waals surface area (Å²) >= 11 is 2.09. The average molecular weight is 463 g/mol. The van der Waals surface area contributed by atoms with Crippen LogP contribution in [-0.4, -0.2) is 58.6 Å². The monoisotopic (exact) mass is 463 g/mol. The molecule has 0 radical (unpaired) electrons. The van der Waals surface area contributed by atoms with E-state index in [4.69, 9.17) is 0 Å². The van der Waals surface area contributed by atoms with Crippen LogP contribution in [0.25, 0.3) is 0 Å². The molecule has 3 heterocycles. The van der Waals surface area contributed by atoms with Gasteiger partial charge >= 0.3 is 0 Å². The zero-order valence-electron chi connectivity index (χ0n) is 14.7. The first-order valence-corrected chi connectivity index (χ1v) is 9.94. The summed E-state index contributed by atoms with van der Waals surface area (Å²) in [6, 6.07) is 0.482. The van der Waals surface area contributed by atoms with E-state index in [-0.39, 0.29) is 24.0 Å². The summed E-state index contributed by atoms with van der Waals surface area (Å²) in [4.78, 5) is 11.2. The first-order valence-electron chi connectivity index (χ1n) is 8.78. The maximum absolute atomic E-state index is 4.54. The molecule has 2 fully saturated rings. The second-order valence-corrected chi connectivity index (χ2v) is 8.00. The second-order valence-electron chi connectivity index (χ2n) is 6.77. The number of imidazole rings is 1. The van der Waals surface area contributed by atoms with Gasteiger partial charge in [-0.25, -0.2) is 4.98 Å². The van der Waals surface area contributed by atoms with Gasteiger partial charge in [0.2, 0.25) is 0 Å². The molecule has 1 N–H and O–H groups in total. The lowest BCUT2D eigenvalue weighted by Crippen LogP contribution is -2.49. The molecular weight excluding hydrogens is 433 g/mol. The van der Waals surface area contributed by atoms with Crippen LogP contribution in [0.2, 0.25) is 0 Å². The standard InChI is InChI=1S/C17H29N5S.HI/c1-14-3-7-21(12-16(14)22-8-6-19-13-22)17(18-2)20-11-15-4-9-23-10-5-15;/h6,8,13-16H,3-5,7,9-12H2,1-2H3,(H,18,20);1H. The Morgan fingerprint density at radius 1 is 1.33 bits per heavy atom. The van der Waals surface area contributed by atoms with Crippen LogP contribution in [0.5, 0.6) is 0 Å². The molecular formula is C17H30IN5S. The van der Waals surface area contributed by atoms with Crippen molar-refractivity contribution in [2.24, 2.45) is 16.8 Å². The van der Waals surface area contributed by atoms with E-state index in [2.05, 4.69) is 49.6 Å². The maximum Gasteiger partial charge on any atom is 0.193 e. The third kappa shape index (κ3) is 5.03. The highest BCUT2D eigenvalue weighted by molar-refractivity contribution is 14.0. The zero-order valence-corrected chi connectivity index (χ0v) is 17.9. The fraction of sp³-hybridized carbons (Fsp3) is 0.765. The van der Waals surface area contributed by atoms with Crippen molar-refractivity contribution in [3.05, 3.63) is 18.7 Å². The van der Waals surface area contributed by atoms with E-state index in [1.807, 2.05) is 19.6 Å². The molecule has 0 amide bonds. The molecule has 2 aliphatic heterocycles. The summed E-state index contributed by atoms with van der Waals surface area (Å²) in [7, 11) is 1.91. The lowest BCUT2D eigenvalue weighted by molar-refractivity contribution is 0.188. The summed E-state index contributed by atoms with van der Waals surface area (Å²) in [6.07, 6.45) is 9.78. The quantitative estimate of drug-likeness (QED) is 0.425. The number of nitrogens with zero attached hydrogens (tertiary/aromatic N) is 4. The van der Waals surface area contributed by atoms with E-state index >= 15 is 0 Å². The van der Waals surface area contributed by atoms with Crippen molar-refractivity contribution in [2.45, 2.75) is 32.2 Å². The van der Waals surface area contributed by atoms with Crippen molar-refractivity contribution in [3.8, 4) is 0 Å². The average Bonchev–Trinajstić information content (AvgIpc) is 3.12. The van der Waals surface area contributed by atoms with Crippen LogP contribution in [0.15, 0.2) is 23.7 Å². The van der Waals surface area contributed by atoms with Gasteiger partial charge in [0, 0.05) is 39.1 Å². The molecule has 5 nitrogen and oxygen atoms in total. The molecule has 2 unspecified atom stereocenters. The second kappa shape index (κ2) is 9.89. The van der Waals surface area contributed by atoms with Crippen LogP contribution in [0.4, 0.5) is 0 Å². The third-order valence-corrected chi connectivity index (χ3v) is 6.28. The van der Waals surface area contributed by atoms with Crippen LogP contribution >= 0.6 is 35.7 Å². The van der Waals surface area contributed by atoms with Gasteiger partial charge in [-0.2, -0.15) is 11.8 Å². The minimum absolute atomic E-state index is 0. The molecule has 0 aromatic carbocycles. The van der Waals surface area contributed by atoms with Gasteiger partial charge in [0.05, 0.1) is 12.4 Å². The fourth-order valence-electron chi connectivity index (χ4n) is 3.61. The van der Waals surface area contributed by atoms with E-state index in [0.29, 0.717) is 12.0 Å². The summed E-state index contributed by atoms with van der Waals surface area (Å²) in [6.45, 7) is 5.51. The topological polar surface area (TPSA) is 45.5 Å². The van der Waals surface area contributed by atoms with Gasteiger partial charge in [0.25, 0.3) is 0 Å². The molecule has 136 valence electrons. The van der Waals surface area contributed by atoms with E-state index < -0.39 is 0 Å². The number of halogens is 1. The van der Waals surface area contributed by atoms with Crippen molar-refractivity contribution >= 4 is 41.7 Å². The Morgan fingerprint density at radius 2 is 2.12 bits per heavy atom. The number of rotatable bonds is 3. The molecule has 0 spiro atoms. The Bertz CT molecular complexity index is 501. The Morgan fingerprint density at radius 3 is 2.79 bits per heavy atom. The van der Waals surface area contributed by atoms with Gasteiger partial charge in [0.1, 0.15) is 0 Å². The third-order valence-electron chi connectivity index (χ3n) is 5.23. The molecule has 7 heteroatoms. The highest BCUT2D eigenvalue weighted by Crippen LogP contribution is 2.27. The molecule has 0 saturated carbocycles. The Hall–Kier alpha value is -0.440. The van der Waals surface area contributed by atoms with Crippen molar-refractivity contribution in [3.63, 3.8) is 0 Å². The molecule has 2 saturated heterocycles. The molecule has 24 heavy (non-hydrogen) atoms.